The second-order valence-electron chi connectivity index (χ2n) is 3.26. The van der Waals surface area contributed by atoms with Crippen LogP contribution in [-0.4, -0.2) is 29.3 Å². The van der Waals surface area contributed by atoms with Crippen LogP contribution in [0, 0.1) is 0 Å². The van der Waals surface area contributed by atoms with E-state index < -0.39 is 29.1 Å². The van der Waals surface area contributed by atoms with Gasteiger partial charge in [-0.1, -0.05) is 25.3 Å². The van der Waals surface area contributed by atoms with Gasteiger partial charge in [0.1, 0.15) is 5.76 Å². The first-order chi connectivity index (χ1) is 7.80. The van der Waals surface area contributed by atoms with Crippen LogP contribution in [0.5, 0.6) is 0 Å². The number of ether oxygens (including phenoxy) is 1. The Morgan fingerprint density at radius 1 is 1.65 bits per heavy atom. The van der Waals surface area contributed by atoms with Crippen molar-refractivity contribution in [1.29, 1.82) is 0 Å². The number of halogens is 4. The molecule has 0 aliphatic carbocycles. The van der Waals surface area contributed by atoms with Crippen molar-refractivity contribution in [2.24, 2.45) is 0 Å². The highest BCUT2D eigenvalue weighted by Gasteiger charge is 2.55. The topological polar surface area (TPSA) is 26.3 Å². The maximum absolute atomic E-state index is 13.2. The van der Waals surface area contributed by atoms with E-state index in [2.05, 4.69) is 11.3 Å². The van der Waals surface area contributed by atoms with E-state index in [4.69, 9.17) is 0 Å². The van der Waals surface area contributed by atoms with Crippen molar-refractivity contribution in [1.82, 2.24) is 0 Å². The zero-order valence-electron chi connectivity index (χ0n) is 8.88. The molecule has 0 aromatic rings. The fourth-order valence-corrected chi connectivity index (χ4v) is 1.87. The molecule has 1 aliphatic rings. The van der Waals surface area contributed by atoms with Gasteiger partial charge in [0.2, 0.25) is 5.12 Å². The summed E-state index contributed by atoms with van der Waals surface area (Å²) in [5.41, 5.74) is -0.466. The van der Waals surface area contributed by atoms with E-state index in [0.29, 0.717) is 5.75 Å². The van der Waals surface area contributed by atoms with Gasteiger partial charge in [-0.25, -0.2) is 8.78 Å². The highest BCUT2D eigenvalue weighted by Crippen LogP contribution is 2.39. The van der Waals surface area contributed by atoms with Crippen molar-refractivity contribution >= 4 is 16.9 Å². The van der Waals surface area contributed by atoms with E-state index in [1.807, 2.05) is 0 Å². The van der Waals surface area contributed by atoms with Gasteiger partial charge in [0.05, 0.1) is 5.57 Å². The Balaban J connectivity index is 2.98. The monoisotopic (exact) mass is 270 g/mol. The van der Waals surface area contributed by atoms with Crippen molar-refractivity contribution < 1.29 is 27.1 Å². The fraction of sp³-hybridized carbons (Fsp3) is 0.500. The molecule has 0 saturated heterocycles. The molecule has 0 bridgehead atoms. The molecule has 17 heavy (non-hydrogen) atoms. The largest absolute Gasteiger partial charge is 0.480 e. The molecule has 0 amide bonds. The van der Waals surface area contributed by atoms with Gasteiger partial charge in [0.15, 0.2) is 6.10 Å². The van der Waals surface area contributed by atoms with Crippen molar-refractivity contribution in [2.75, 3.05) is 5.75 Å². The van der Waals surface area contributed by atoms with Crippen molar-refractivity contribution in [3.63, 3.8) is 0 Å². The van der Waals surface area contributed by atoms with Crippen molar-refractivity contribution in [3.8, 4) is 0 Å². The maximum atomic E-state index is 13.2. The minimum Gasteiger partial charge on any atom is -0.480 e. The number of carbonyl (C=O) groups excluding carboxylic acids is 1. The van der Waals surface area contributed by atoms with Gasteiger partial charge in [0.25, 0.3) is 0 Å². The van der Waals surface area contributed by atoms with E-state index in [1.54, 1.807) is 6.92 Å². The quantitative estimate of drug-likeness (QED) is 0.735. The van der Waals surface area contributed by atoms with Gasteiger partial charge in [-0.15, -0.1) is 0 Å². The first kappa shape index (κ1) is 14.1. The average Bonchev–Trinajstić information content (AvgIpc) is 2.61. The van der Waals surface area contributed by atoms with Crippen LogP contribution in [0.1, 0.15) is 6.92 Å². The molecule has 0 aromatic carbocycles. The number of hydrogen-bond acceptors (Lipinski definition) is 3. The van der Waals surface area contributed by atoms with Crippen molar-refractivity contribution in [2.45, 2.75) is 25.4 Å². The molecule has 1 aliphatic heterocycles. The summed E-state index contributed by atoms with van der Waals surface area (Å²) in [6, 6.07) is 0. The molecule has 0 radical (unpaired) electrons. The molecule has 0 aromatic heterocycles. The van der Waals surface area contributed by atoms with Gasteiger partial charge >= 0.3 is 12.3 Å². The van der Waals surface area contributed by atoms with Crippen LogP contribution in [0.25, 0.3) is 0 Å². The Labute approximate surface area is 99.7 Å². The molecule has 0 saturated carbocycles. The number of alkyl halides is 4. The number of allylic oxidation sites excluding steroid dienone is 1. The van der Waals surface area contributed by atoms with Crippen LogP contribution >= 0.6 is 11.8 Å². The van der Waals surface area contributed by atoms with Gasteiger partial charge in [-0.2, -0.15) is 8.78 Å². The molecular formula is C10H10F4O2S. The predicted molar refractivity (Wildman–Crippen MR) is 56.2 cm³/mol. The average molecular weight is 270 g/mol. The molecule has 7 heteroatoms. The summed E-state index contributed by atoms with van der Waals surface area (Å²) in [7, 11) is 0. The minimum absolute atomic E-state index is 0.213. The summed E-state index contributed by atoms with van der Waals surface area (Å²) in [6.45, 7) is 4.88. The van der Waals surface area contributed by atoms with Gasteiger partial charge in [-0.3, -0.25) is 4.79 Å². The van der Waals surface area contributed by atoms with E-state index >= 15 is 0 Å². The summed E-state index contributed by atoms with van der Waals surface area (Å²) < 4.78 is 55.2. The lowest BCUT2D eigenvalue weighted by molar-refractivity contribution is -0.181. The van der Waals surface area contributed by atoms with E-state index in [-0.39, 0.29) is 5.76 Å². The summed E-state index contributed by atoms with van der Waals surface area (Å²) >= 11 is 0.756. The van der Waals surface area contributed by atoms with E-state index in [0.717, 1.165) is 17.8 Å². The lowest BCUT2D eigenvalue weighted by Gasteiger charge is -2.23. The van der Waals surface area contributed by atoms with Crippen LogP contribution in [-0.2, 0) is 9.53 Å². The normalized spacial score (nSPS) is 20.5. The lowest BCUT2D eigenvalue weighted by Crippen LogP contribution is -2.42. The lowest BCUT2D eigenvalue weighted by atomic mass is 10.1. The third-order valence-electron chi connectivity index (χ3n) is 2.02. The van der Waals surface area contributed by atoms with Crippen LogP contribution in [0.2, 0.25) is 0 Å². The number of rotatable bonds is 4. The molecule has 96 valence electrons. The van der Waals surface area contributed by atoms with Gasteiger partial charge < -0.3 is 4.74 Å². The second kappa shape index (κ2) is 5.12. The summed E-state index contributed by atoms with van der Waals surface area (Å²) in [5, 5.41) is -0.698. The first-order valence-electron chi connectivity index (χ1n) is 4.71. The SMILES string of the molecule is C=C1C=C(C(=O)SCC)C(C(F)(F)C(F)F)O1. The summed E-state index contributed by atoms with van der Waals surface area (Å²) in [5.74, 6) is -4.26. The Bertz CT molecular complexity index is 365. The molecule has 1 atom stereocenters. The first-order valence-corrected chi connectivity index (χ1v) is 5.69. The third-order valence-corrected chi connectivity index (χ3v) is 2.81. The fourth-order valence-electron chi connectivity index (χ4n) is 1.28. The second-order valence-corrected chi connectivity index (χ2v) is 4.50. The standard InChI is InChI=1S/C10H10F4O2S/c1-3-17-8(15)6-4-5(2)16-7(6)10(13,14)9(11)12/h4,7,9H,2-3H2,1H3. The smallest absolute Gasteiger partial charge is 0.347 e. The highest BCUT2D eigenvalue weighted by molar-refractivity contribution is 8.14. The van der Waals surface area contributed by atoms with Gasteiger partial charge in [-0.05, 0) is 11.8 Å². The zero-order chi connectivity index (χ0) is 13.2. The Morgan fingerprint density at radius 3 is 2.71 bits per heavy atom. The van der Waals surface area contributed by atoms with E-state index in [9.17, 15) is 22.4 Å². The Kier molecular flexibility index (Phi) is 4.24. The summed E-state index contributed by atoms with van der Waals surface area (Å²) in [6.07, 6.45) is -5.17. The molecular weight excluding hydrogens is 260 g/mol. The molecule has 2 nitrogen and oxygen atoms in total. The Morgan fingerprint density at radius 2 is 2.24 bits per heavy atom. The predicted octanol–water partition coefficient (Wildman–Crippen LogP) is 3.01. The molecule has 1 rings (SSSR count). The van der Waals surface area contributed by atoms with Crippen LogP contribution in [0.4, 0.5) is 17.6 Å². The Hall–Kier alpha value is -0.980. The van der Waals surface area contributed by atoms with Crippen LogP contribution in [0.3, 0.4) is 0 Å². The number of hydrogen-bond donors (Lipinski definition) is 0. The highest BCUT2D eigenvalue weighted by atomic mass is 32.2. The minimum atomic E-state index is -4.41. The van der Waals surface area contributed by atoms with Gasteiger partial charge in [0, 0.05) is 0 Å². The molecule has 0 N–H and O–H groups in total. The third kappa shape index (κ3) is 2.83. The van der Waals surface area contributed by atoms with Crippen molar-refractivity contribution in [3.05, 3.63) is 24.0 Å². The maximum Gasteiger partial charge on any atom is 0.347 e. The molecule has 1 heterocycles. The summed E-state index contributed by atoms with van der Waals surface area (Å²) in [4.78, 5) is 11.5. The number of carbonyl (C=O) groups is 1. The molecule has 1 unspecified atom stereocenters. The van der Waals surface area contributed by atoms with Crippen LogP contribution in [0.15, 0.2) is 24.0 Å². The molecule has 0 fully saturated rings. The van der Waals surface area contributed by atoms with Crippen LogP contribution < -0.4 is 0 Å². The van der Waals surface area contributed by atoms with E-state index in [1.165, 1.54) is 0 Å². The molecule has 0 spiro atoms. The number of thioether (sulfide) groups is 1. The zero-order valence-corrected chi connectivity index (χ0v) is 9.70.